The lowest BCUT2D eigenvalue weighted by atomic mass is 10.1. The molecule has 3 aromatic rings. The Hall–Kier alpha value is -3.17. The molecule has 0 saturated carbocycles. The highest BCUT2D eigenvalue weighted by atomic mass is 16.5. The van der Waals surface area contributed by atoms with E-state index in [4.69, 9.17) is 9.72 Å². The van der Waals surface area contributed by atoms with Gasteiger partial charge in [0.1, 0.15) is 18.2 Å². The summed E-state index contributed by atoms with van der Waals surface area (Å²) in [6.45, 7) is 6.20. The molecule has 0 bridgehead atoms. The van der Waals surface area contributed by atoms with Crippen molar-refractivity contribution in [3.8, 4) is 11.4 Å². The summed E-state index contributed by atoms with van der Waals surface area (Å²) < 4.78 is 5.30. The number of aromatic nitrogens is 5. The zero-order chi connectivity index (χ0) is 22.5. The number of anilines is 2. The maximum Gasteiger partial charge on any atom is 0.229 e. The predicted octanol–water partition coefficient (Wildman–Crippen LogP) is 2.11. The quantitative estimate of drug-likeness (QED) is 0.598. The van der Waals surface area contributed by atoms with Crippen LogP contribution in [0.2, 0.25) is 0 Å². The van der Waals surface area contributed by atoms with Gasteiger partial charge in [-0.05, 0) is 19.9 Å². The Morgan fingerprint density at radius 3 is 2.41 bits per heavy atom. The van der Waals surface area contributed by atoms with Crippen LogP contribution in [-0.2, 0) is 17.8 Å². The Morgan fingerprint density at radius 1 is 0.969 bits per heavy atom. The number of nitrogens with zero attached hydrogens (tertiary/aromatic N) is 7. The Morgan fingerprint density at radius 2 is 1.72 bits per heavy atom. The summed E-state index contributed by atoms with van der Waals surface area (Å²) in [6.07, 6.45) is 2.21. The summed E-state index contributed by atoms with van der Waals surface area (Å²) in [7, 11) is 1.64. The molecule has 168 valence electrons. The number of hydrogen-bond acceptors (Lipinski definition) is 9. The monoisotopic (exact) mass is 435 g/mol. The lowest BCUT2D eigenvalue weighted by Gasteiger charge is -2.45. The first-order chi connectivity index (χ1) is 15.6. The van der Waals surface area contributed by atoms with Crippen molar-refractivity contribution < 1.29 is 9.84 Å². The van der Waals surface area contributed by atoms with E-state index in [1.165, 1.54) is 0 Å². The Bertz CT molecular complexity index is 1020. The molecule has 2 atom stereocenters. The molecule has 1 saturated heterocycles. The molecule has 1 aliphatic rings. The Labute approximate surface area is 188 Å². The molecular weight excluding hydrogens is 406 g/mol. The molecule has 0 spiro atoms. The second-order valence-corrected chi connectivity index (χ2v) is 7.99. The van der Waals surface area contributed by atoms with Crippen LogP contribution >= 0.6 is 0 Å². The largest absolute Gasteiger partial charge is 0.396 e. The van der Waals surface area contributed by atoms with Crippen LogP contribution in [0.1, 0.15) is 25.5 Å². The van der Waals surface area contributed by atoms with Crippen LogP contribution in [0.3, 0.4) is 0 Å². The second kappa shape index (κ2) is 9.97. The molecule has 1 aliphatic heterocycles. The van der Waals surface area contributed by atoms with Gasteiger partial charge in [0.15, 0.2) is 11.6 Å². The van der Waals surface area contributed by atoms with Gasteiger partial charge in [-0.25, -0.2) is 15.0 Å². The molecule has 4 rings (SSSR count). The Balaban J connectivity index is 1.60. The van der Waals surface area contributed by atoms with E-state index in [9.17, 15) is 5.11 Å². The SMILES string of the molecule is COCc1nc(-c2ccccc2)nc(N2C[C@@H](C)N(c3ccnc(CCO)n3)[C@@H](C)C2)n1. The van der Waals surface area contributed by atoms with Gasteiger partial charge in [0.25, 0.3) is 0 Å². The topological polar surface area (TPSA) is 100 Å². The maximum atomic E-state index is 9.22. The third kappa shape index (κ3) is 4.84. The first-order valence-corrected chi connectivity index (χ1v) is 10.8. The van der Waals surface area contributed by atoms with Gasteiger partial charge in [-0.15, -0.1) is 0 Å². The summed E-state index contributed by atoms with van der Waals surface area (Å²) in [4.78, 5) is 27.5. The van der Waals surface area contributed by atoms with Crippen molar-refractivity contribution in [2.75, 3.05) is 36.6 Å². The fraction of sp³-hybridized carbons (Fsp3) is 0.435. The minimum Gasteiger partial charge on any atom is -0.396 e. The molecule has 9 heteroatoms. The number of benzene rings is 1. The van der Waals surface area contributed by atoms with Crippen LogP contribution in [0, 0.1) is 0 Å². The molecule has 1 N–H and O–H groups in total. The molecule has 9 nitrogen and oxygen atoms in total. The fourth-order valence-electron chi connectivity index (χ4n) is 4.15. The number of piperazine rings is 1. The van der Waals surface area contributed by atoms with E-state index in [1.54, 1.807) is 13.3 Å². The van der Waals surface area contributed by atoms with Crippen molar-refractivity contribution in [1.29, 1.82) is 0 Å². The van der Waals surface area contributed by atoms with E-state index in [0.717, 1.165) is 24.5 Å². The highest BCUT2D eigenvalue weighted by Gasteiger charge is 2.32. The van der Waals surface area contributed by atoms with Gasteiger partial charge in [-0.1, -0.05) is 30.3 Å². The summed E-state index contributed by atoms with van der Waals surface area (Å²) in [6, 6.07) is 12.2. The minimum absolute atomic E-state index is 0.0370. The molecule has 0 radical (unpaired) electrons. The first-order valence-electron chi connectivity index (χ1n) is 10.8. The molecule has 2 aromatic heterocycles. The molecule has 0 amide bonds. The summed E-state index contributed by atoms with van der Waals surface area (Å²) >= 11 is 0. The van der Waals surface area contributed by atoms with Crippen LogP contribution in [0.15, 0.2) is 42.6 Å². The predicted molar refractivity (Wildman–Crippen MR) is 122 cm³/mol. The van der Waals surface area contributed by atoms with Crippen molar-refractivity contribution >= 4 is 11.8 Å². The smallest absolute Gasteiger partial charge is 0.229 e. The molecule has 1 aromatic carbocycles. The minimum atomic E-state index is 0.0370. The number of aliphatic hydroxyl groups excluding tert-OH is 1. The van der Waals surface area contributed by atoms with E-state index in [0.29, 0.717) is 36.4 Å². The second-order valence-electron chi connectivity index (χ2n) is 7.99. The normalized spacial score (nSPS) is 18.8. The van der Waals surface area contributed by atoms with Crippen LogP contribution in [0.4, 0.5) is 11.8 Å². The van der Waals surface area contributed by atoms with E-state index in [1.807, 2.05) is 36.4 Å². The Kier molecular flexibility index (Phi) is 6.87. The molecule has 0 unspecified atom stereocenters. The van der Waals surface area contributed by atoms with Gasteiger partial charge >= 0.3 is 0 Å². The maximum absolute atomic E-state index is 9.22. The molecule has 0 aliphatic carbocycles. The first kappa shape index (κ1) is 22.0. The van der Waals surface area contributed by atoms with Crippen LogP contribution in [-0.4, -0.2) is 68.9 Å². The summed E-state index contributed by atoms with van der Waals surface area (Å²) in [5, 5.41) is 9.22. The van der Waals surface area contributed by atoms with Gasteiger partial charge in [0.2, 0.25) is 5.95 Å². The van der Waals surface area contributed by atoms with Crippen molar-refractivity contribution in [3.63, 3.8) is 0 Å². The third-order valence-electron chi connectivity index (χ3n) is 5.47. The number of ether oxygens (including phenoxy) is 1. The van der Waals surface area contributed by atoms with E-state index >= 15 is 0 Å². The van der Waals surface area contributed by atoms with Crippen molar-refractivity contribution in [3.05, 3.63) is 54.2 Å². The summed E-state index contributed by atoms with van der Waals surface area (Å²) in [5.74, 6) is 3.45. The van der Waals surface area contributed by atoms with Gasteiger partial charge in [0.05, 0.1) is 6.61 Å². The third-order valence-corrected chi connectivity index (χ3v) is 5.47. The van der Waals surface area contributed by atoms with E-state index in [2.05, 4.69) is 43.6 Å². The highest BCUT2D eigenvalue weighted by Crippen LogP contribution is 2.26. The zero-order valence-corrected chi connectivity index (χ0v) is 18.7. The average Bonchev–Trinajstić information content (AvgIpc) is 2.80. The van der Waals surface area contributed by atoms with Gasteiger partial charge in [0, 0.05) is 50.5 Å². The lowest BCUT2D eigenvalue weighted by Crippen LogP contribution is -2.57. The van der Waals surface area contributed by atoms with Gasteiger partial charge in [-0.2, -0.15) is 9.97 Å². The number of aliphatic hydroxyl groups is 1. The van der Waals surface area contributed by atoms with E-state index in [-0.39, 0.29) is 18.7 Å². The van der Waals surface area contributed by atoms with E-state index < -0.39 is 0 Å². The molecular formula is C23H29N7O2. The molecule has 1 fully saturated rings. The van der Waals surface area contributed by atoms with Gasteiger partial charge < -0.3 is 19.6 Å². The highest BCUT2D eigenvalue weighted by molar-refractivity contribution is 5.56. The van der Waals surface area contributed by atoms with Crippen LogP contribution < -0.4 is 9.80 Å². The van der Waals surface area contributed by atoms with Gasteiger partial charge in [-0.3, -0.25) is 0 Å². The number of hydrogen-bond donors (Lipinski definition) is 1. The zero-order valence-electron chi connectivity index (χ0n) is 18.7. The summed E-state index contributed by atoms with van der Waals surface area (Å²) in [5.41, 5.74) is 0.950. The number of methoxy groups -OCH3 is 1. The van der Waals surface area contributed by atoms with Crippen molar-refractivity contribution in [1.82, 2.24) is 24.9 Å². The van der Waals surface area contributed by atoms with Crippen LogP contribution in [0.5, 0.6) is 0 Å². The van der Waals surface area contributed by atoms with Crippen LogP contribution in [0.25, 0.3) is 11.4 Å². The average molecular weight is 436 g/mol. The standard InChI is InChI=1S/C23H29N7O2/c1-16-13-29(14-17(2)30(16)21-9-11-24-19(25-21)10-12-31)23-27-20(15-32-3)26-22(28-23)18-7-5-4-6-8-18/h4-9,11,16-17,31H,10,12-15H2,1-3H3/t16-,17+. The lowest BCUT2D eigenvalue weighted by molar-refractivity contribution is 0.177. The fourth-order valence-corrected chi connectivity index (χ4v) is 4.15. The van der Waals surface area contributed by atoms with Crippen molar-refractivity contribution in [2.24, 2.45) is 0 Å². The molecule has 3 heterocycles. The molecule has 32 heavy (non-hydrogen) atoms. The van der Waals surface area contributed by atoms with Crippen molar-refractivity contribution in [2.45, 2.75) is 39.0 Å². The number of rotatable bonds is 7.